The van der Waals surface area contributed by atoms with E-state index in [9.17, 15) is 5.26 Å². The normalized spacial score (nSPS) is 14.5. The first-order valence-corrected chi connectivity index (χ1v) is 11.1. The fraction of sp³-hybridized carbons (Fsp3) is 0.200. The SMILES string of the molecule is CN1CCN(c2ccc3nc(-c4n[nH]c5ccc(Oc6ncccc6C#N)cc45)[nH]c3c2)CC1. The quantitative estimate of drug-likeness (QED) is 0.427. The van der Waals surface area contributed by atoms with E-state index in [-0.39, 0.29) is 5.88 Å². The van der Waals surface area contributed by atoms with Gasteiger partial charge in [0.15, 0.2) is 5.82 Å². The third-order valence-electron chi connectivity index (χ3n) is 6.20. The molecule has 0 radical (unpaired) electrons. The van der Waals surface area contributed by atoms with Crippen LogP contribution in [0.1, 0.15) is 5.56 Å². The fourth-order valence-corrected chi connectivity index (χ4v) is 4.28. The topological polar surface area (TPSA) is 110 Å². The molecule has 0 saturated carbocycles. The number of hydrogen-bond acceptors (Lipinski definition) is 7. The van der Waals surface area contributed by atoms with E-state index in [2.05, 4.69) is 61.3 Å². The van der Waals surface area contributed by atoms with Crippen molar-refractivity contribution in [2.45, 2.75) is 0 Å². The van der Waals surface area contributed by atoms with Gasteiger partial charge in [-0.05, 0) is 55.6 Å². The Hall–Kier alpha value is -4.42. The van der Waals surface area contributed by atoms with E-state index in [4.69, 9.17) is 9.72 Å². The highest BCUT2D eigenvalue weighted by Gasteiger charge is 2.17. The van der Waals surface area contributed by atoms with Crippen molar-refractivity contribution >= 4 is 27.6 Å². The van der Waals surface area contributed by atoms with Crippen molar-refractivity contribution in [3.05, 3.63) is 60.3 Å². The van der Waals surface area contributed by atoms with Crippen molar-refractivity contribution in [1.82, 2.24) is 30.0 Å². The van der Waals surface area contributed by atoms with Gasteiger partial charge in [0.05, 0.1) is 16.6 Å². The summed E-state index contributed by atoms with van der Waals surface area (Å²) in [6.45, 7) is 4.15. The van der Waals surface area contributed by atoms with Crippen LogP contribution in [0.2, 0.25) is 0 Å². The molecule has 9 heteroatoms. The summed E-state index contributed by atoms with van der Waals surface area (Å²) in [4.78, 5) is 17.2. The predicted octanol–water partition coefficient (Wildman–Crippen LogP) is 3.92. The Morgan fingerprint density at radius 3 is 2.76 bits per heavy atom. The maximum absolute atomic E-state index is 9.31. The highest BCUT2D eigenvalue weighted by molar-refractivity contribution is 5.94. The molecular weight excluding hydrogens is 428 g/mol. The summed E-state index contributed by atoms with van der Waals surface area (Å²) in [5.74, 6) is 1.53. The van der Waals surface area contributed by atoms with Crippen molar-refractivity contribution in [2.75, 3.05) is 38.1 Å². The molecule has 0 bridgehead atoms. The number of benzene rings is 2. The van der Waals surface area contributed by atoms with Gasteiger partial charge in [-0.15, -0.1) is 0 Å². The van der Waals surface area contributed by atoms with Gasteiger partial charge in [0.2, 0.25) is 5.88 Å². The summed E-state index contributed by atoms with van der Waals surface area (Å²) in [5.41, 5.74) is 5.01. The summed E-state index contributed by atoms with van der Waals surface area (Å²) >= 11 is 0. The molecule has 9 nitrogen and oxygen atoms in total. The number of H-pyrrole nitrogens is 2. The molecule has 4 heterocycles. The standard InChI is InChI=1S/C25H22N8O/c1-32-9-11-33(12-10-32)17-4-6-21-22(13-17)29-24(28-21)23-19-14-18(5-7-20(19)30-31-23)34-25-16(15-26)3-2-8-27-25/h2-8,13-14H,9-12H2,1H3,(H,28,29)(H,30,31). The number of likely N-dealkylation sites (N-methyl/N-ethyl adjacent to an activating group) is 1. The number of pyridine rings is 1. The molecule has 34 heavy (non-hydrogen) atoms. The van der Waals surface area contributed by atoms with Crippen LogP contribution in [0.5, 0.6) is 11.6 Å². The van der Waals surface area contributed by atoms with Crippen molar-refractivity contribution in [3.8, 4) is 29.2 Å². The van der Waals surface area contributed by atoms with Crippen LogP contribution < -0.4 is 9.64 Å². The number of nitriles is 1. The largest absolute Gasteiger partial charge is 0.438 e. The molecule has 3 aromatic heterocycles. The molecule has 168 valence electrons. The van der Waals surface area contributed by atoms with Crippen LogP contribution in [0.15, 0.2) is 54.7 Å². The Balaban J connectivity index is 1.34. The molecule has 1 aliphatic heterocycles. The minimum absolute atomic E-state index is 0.273. The van der Waals surface area contributed by atoms with Gasteiger partial charge in [0.25, 0.3) is 0 Å². The molecular formula is C25H22N8O. The number of nitrogens with zero attached hydrogens (tertiary/aromatic N) is 6. The summed E-state index contributed by atoms with van der Waals surface area (Å²) in [6.07, 6.45) is 1.60. The van der Waals surface area contributed by atoms with Gasteiger partial charge in [-0.2, -0.15) is 10.4 Å². The molecule has 5 aromatic rings. The first-order valence-electron chi connectivity index (χ1n) is 11.1. The maximum atomic E-state index is 9.31. The van der Waals surface area contributed by atoms with Crippen LogP contribution in [0, 0.1) is 11.3 Å². The smallest absolute Gasteiger partial charge is 0.237 e. The third kappa shape index (κ3) is 3.60. The molecule has 0 unspecified atom stereocenters. The van der Waals surface area contributed by atoms with Crippen molar-refractivity contribution in [2.24, 2.45) is 0 Å². The lowest BCUT2D eigenvalue weighted by Crippen LogP contribution is -2.44. The molecule has 0 amide bonds. The van der Waals surface area contributed by atoms with Gasteiger partial charge >= 0.3 is 0 Å². The zero-order valence-electron chi connectivity index (χ0n) is 18.6. The summed E-state index contributed by atoms with van der Waals surface area (Å²) < 4.78 is 5.90. The number of fused-ring (bicyclic) bond motifs is 2. The Morgan fingerprint density at radius 2 is 1.91 bits per heavy atom. The van der Waals surface area contributed by atoms with Gasteiger partial charge in [0, 0.05) is 43.4 Å². The Bertz CT molecular complexity index is 1540. The number of aromatic nitrogens is 5. The summed E-state index contributed by atoms with van der Waals surface area (Å²) in [6, 6.07) is 17.4. The first-order chi connectivity index (χ1) is 16.7. The predicted molar refractivity (Wildman–Crippen MR) is 130 cm³/mol. The average Bonchev–Trinajstić information content (AvgIpc) is 3.48. The minimum atomic E-state index is 0.273. The highest BCUT2D eigenvalue weighted by Crippen LogP contribution is 2.32. The van der Waals surface area contributed by atoms with Crippen LogP contribution in [0.3, 0.4) is 0 Å². The number of piperazine rings is 1. The summed E-state index contributed by atoms with van der Waals surface area (Å²) in [7, 11) is 2.16. The second-order valence-electron chi connectivity index (χ2n) is 8.43. The van der Waals surface area contributed by atoms with Gasteiger partial charge in [-0.3, -0.25) is 5.10 Å². The zero-order valence-corrected chi connectivity index (χ0v) is 18.6. The van der Waals surface area contributed by atoms with Gasteiger partial charge in [0.1, 0.15) is 23.1 Å². The molecule has 1 aliphatic rings. The van der Waals surface area contributed by atoms with Gasteiger partial charge in [-0.1, -0.05) is 0 Å². The van der Waals surface area contributed by atoms with Crippen LogP contribution >= 0.6 is 0 Å². The number of aromatic amines is 2. The Morgan fingerprint density at radius 1 is 1.03 bits per heavy atom. The maximum Gasteiger partial charge on any atom is 0.237 e. The summed E-state index contributed by atoms with van der Waals surface area (Å²) in [5, 5.41) is 17.7. The van der Waals surface area contributed by atoms with Crippen LogP contribution in [0.4, 0.5) is 5.69 Å². The Labute approximate surface area is 195 Å². The zero-order chi connectivity index (χ0) is 23.1. The number of ether oxygens (including phenoxy) is 1. The van der Waals surface area contributed by atoms with E-state index in [1.54, 1.807) is 18.3 Å². The number of rotatable bonds is 4. The molecule has 2 aromatic carbocycles. The van der Waals surface area contributed by atoms with Crippen molar-refractivity contribution < 1.29 is 4.74 Å². The second-order valence-corrected chi connectivity index (χ2v) is 8.43. The Kier molecular flexibility index (Phi) is 4.86. The van der Waals surface area contributed by atoms with E-state index in [1.807, 2.05) is 18.2 Å². The number of hydrogen-bond donors (Lipinski definition) is 2. The number of anilines is 1. The molecule has 1 fully saturated rings. The van der Waals surface area contributed by atoms with E-state index in [0.717, 1.165) is 48.1 Å². The average molecular weight is 451 g/mol. The molecule has 6 rings (SSSR count). The van der Waals surface area contributed by atoms with E-state index >= 15 is 0 Å². The molecule has 0 atom stereocenters. The molecule has 0 aliphatic carbocycles. The minimum Gasteiger partial charge on any atom is -0.438 e. The van der Waals surface area contributed by atoms with Crippen LogP contribution in [-0.2, 0) is 0 Å². The lowest BCUT2D eigenvalue weighted by Gasteiger charge is -2.34. The monoisotopic (exact) mass is 450 g/mol. The van der Waals surface area contributed by atoms with Gasteiger partial charge < -0.3 is 19.5 Å². The number of imidazole rings is 1. The lowest BCUT2D eigenvalue weighted by molar-refractivity contribution is 0.313. The van der Waals surface area contributed by atoms with E-state index < -0.39 is 0 Å². The van der Waals surface area contributed by atoms with Crippen molar-refractivity contribution in [1.29, 1.82) is 5.26 Å². The van der Waals surface area contributed by atoms with Gasteiger partial charge in [-0.25, -0.2) is 9.97 Å². The highest BCUT2D eigenvalue weighted by atomic mass is 16.5. The third-order valence-corrected chi connectivity index (χ3v) is 6.20. The second kappa shape index (κ2) is 8.17. The molecule has 1 saturated heterocycles. The van der Waals surface area contributed by atoms with Crippen LogP contribution in [-0.4, -0.2) is 63.3 Å². The number of nitrogens with one attached hydrogen (secondary N) is 2. The van der Waals surface area contributed by atoms with Crippen LogP contribution in [0.25, 0.3) is 33.5 Å². The fourth-order valence-electron chi connectivity index (χ4n) is 4.28. The van der Waals surface area contributed by atoms with Crippen molar-refractivity contribution in [3.63, 3.8) is 0 Å². The molecule has 2 N–H and O–H groups in total. The lowest BCUT2D eigenvalue weighted by atomic mass is 10.2. The van der Waals surface area contributed by atoms with E-state index in [0.29, 0.717) is 22.8 Å². The molecule has 0 spiro atoms. The first kappa shape index (κ1) is 20.2. The van der Waals surface area contributed by atoms with E-state index in [1.165, 1.54) is 5.69 Å².